The molecule has 0 aliphatic heterocycles. The number of nitrogens with one attached hydrogen (secondary N) is 1. The van der Waals surface area contributed by atoms with E-state index in [0.717, 1.165) is 17.9 Å². The molecule has 3 nitrogen and oxygen atoms in total. The highest BCUT2D eigenvalue weighted by molar-refractivity contribution is 6.30. The van der Waals surface area contributed by atoms with Crippen molar-refractivity contribution in [2.45, 2.75) is 38.3 Å². The fraction of sp³-hybridized carbons (Fsp3) is 0.571. The van der Waals surface area contributed by atoms with Crippen molar-refractivity contribution in [1.82, 2.24) is 10.3 Å². The van der Waals surface area contributed by atoms with Crippen molar-refractivity contribution in [2.24, 2.45) is 5.84 Å². The third kappa shape index (κ3) is 2.86. The highest BCUT2D eigenvalue weighted by Gasteiger charge is 2.38. The van der Waals surface area contributed by atoms with Gasteiger partial charge in [0.25, 0.3) is 0 Å². The number of rotatable bonds is 6. The summed E-state index contributed by atoms with van der Waals surface area (Å²) in [4.78, 5) is 2.26. The molecule has 3 N–H and O–H groups in total. The highest BCUT2D eigenvalue weighted by atomic mass is 35.5. The number of benzene rings is 1. The van der Waals surface area contributed by atoms with Crippen LogP contribution in [0.15, 0.2) is 24.3 Å². The molecule has 0 aliphatic carbocycles. The number of hydrogen-bond donors (Lipinski definition) is 2. The van der Waals surface area contributed by atoms with Gasteiger partial charge < -0.3 is 4.90 Å². The Kier molecular flexibility index (Phi) is 5.60. The van der Waals surface area contributed by atoms with E-state index in [4.69, 9.17) is 17.4 Å². The van der Waals surface area contributed by atoms with Crippen LogP contribution in [0.3, 0.4) is 0 Å². The zero-order valence-electron chi connectivity index (χ0n) is 11.7. The Morgan fingerprint density at radius 1 is 1.22 bits per heavy atom. The maximum Gasteiger partial charge on any atom is 0.0643 e. The zero-order chi connectivity index (χ0) is 13.8. The number of halogens is 1. The predicted octanol–water partition coefficient (Wildman–Crippen LogP) is 2.96. The molecule has 0 bridgehead atoms. The average molecular weight is 270 g/mol. The van der Waals surface area contributed by atoms with Crippen molar-refractivity contribution in [3.05, 3.63) is 34.9 Å². The van der Waals surface area contributed by atoms with Gasteiger partial charge in [0.1, 0.15) is 0 Å². The first-order valence-corrected chi connectivity index (χ1v) is 6.78. The van der Waals surface area contributed by atoms with Crippen molar-refractivity contribution in [3.8, 4) is 0 Å². The molecule has 1 aromatic carbocycles. The number of nitrogens with two attached hydrogens (primary N) is 1. The molecule has 4 heteroatoms. The minimum absolute atomic E-state index is 0.00256. The normalized spacial score (nSPS) is 13.9. The van der Waals surface area contributed by atoms with Crippen LogP contribution in [-0.4, -0.2) is 24.5 Å². The van der Waals surface area contributed by atoms with Gasteiger partial charge in [0.2, 0.25) is 0 Å². The maximum atomic E-state index is 5.94. The number of likely N-dealkylation sites (N-methyl/N-ethyl adjacent to an activating group) is 1. The summed E-state index contributed by atoms with van der Waals surface area (Å²) in [5, 5.41) is 0.748. The van der Waals surface area contributed by atoms with Crippen LogP contribution in [0, 0.1) is 0 Å². The summed E-state index contributed by atoms with van der Waals surface area (Å²) in [6, 6.07) is 7.98. The molecule has 0 heterocycles. The van der Waals surface area contributed by atoms with Crippen LogP contribution in [0.5, 0.6) is 0 Å². The lowest BCUT2D eigenvalue weighted by Gasteiger charge is -2.45. The first-order chi connectivity index (χ1) is 8.51. The Balaban J connectivity index is 3.17. The van der Waals surface area contributed by atoms with Crippen LogP contribution in [0.25, 0.3) is 0 Å². The summed E-state index contributed by atoms with van der Waals surface area (Å²) >= 11 is 5.94. The molecule has 102 valence electrons. The number of hydrazine groups is 1. The van der Waals surface area contributed by atoms with Gasteiger partial charge >= 0.3 is 0 Å². The predicted molar refractivity (Wildman–Crippen MR) is 78.5 cm³/mol. The van der Waals surface area contributed by atoms with Gasteiger partial charge in [0.05, 0.1) is 6.04 Å². The monoisotopic (exact) mass is 269 g/mol. The van der Waals surface area contributed by atoms with Crippen molar-refractivity contribution >= 4 is 11.6 Å². The molecule has 0 aliphatic rings. The lowest BCUT2D eigenvalue weighted by atomic mass is 9.80. The number of hydrogen-bond acceptors (Lipinski definition) is 3. The molecule has 1 atom stereocenters. The molecule has 0 saturated heterocycles. The topological polar surface area (TPSA) is 41.3 Å². The average Bonchev–Trinajstić information content (AvgIpc) is 2.37. The Labute approximate surface area is 115 Å². The van der Waals surface area contributed by atoms with Crippen LogP contribution in [0.2, 0.25) is 5.02 Å². The molecule has 1 unspecified atom stereocenters. The molecule has 18 heavy (non-hydrogen) atoms. The van der Waals surface area contributed by atoms with E-state index < -0.39 is 0 Å². The minimum atomic E-state index is 0.00256. The van der Waals surface area contributed by atoms with E-state index in [1.165, 1.54) is 5.56 Å². The lowest BCUT2D eigenvalue weighted by Crippen LogP contribution is -2.54. The summed E-state index contributed by atoms with van der Waals surface area (Å²) < 4.78 is 0. The molecule has 0 fully saturated rings. The molecule has 1 rings (SSSR count). The minimum Gasteiger partial charge on any atom is -0.302 e. The van der Waals surface area contributed by atoms with Crippen LogP contribution in [0.1, 0.15) is 38.3 Å². The smallest absolute Gasteiger partial charge is 0.0643 e. The van der Waals surface area contributed by atoms with Gasteiger partial charge in [-0.25, -0.2) is 0 Å². The van der Waals surface area contributed by atoms with Crippen LogP contribution in [0.4, 0.5) is 0 Å². The van der Waals surface area contributed by atoms with Crippen molar-refractivity contribution < 1.29 is 0 Å². The summed E-state index contributed by atoms with van der Waals surface area (Å²) in [5.41, 5.74) is 4.15. The molecule has 0 saturated carbocycles. The largest absolute Gasteiger partial charge is 0.302 e. The molecule has 0 radical (unpaired) electrons. The van der Waals surface area contributed by atoms with Crippen LogP contribution in [-0.2, 0) is 0 Å². The van der Waals surface area contributed by atoms with Gasteiger partial charge in [-0.1, -0.05) is 37.6 Å². The zero-order valence-corrected chi connectivity index (χ0v) is 12.5. The summed E-state index contributed by atoms with van der Waals surface area (Å²) in [5.74, 6) is 5.81. The summed E-state index contributed by atoms with van der Waals surface area (Å²) in [6.07, 6.45) is 2.04. The first kappa shape index (κ1) is 15.4. The quantitative estimate of drug-likeness (QED) is 0.616. The second kappa shape index (κ2) is 6.53. The van der Waals surface area contributed by atoms with Crippen LogP contribution < -0.4 is 11.3 Å². The van der Waals surface area contributed by atoms with E-state index in [-0.39, 0.29) is 11.6 Å². The van der Waals surface area contributed by atoms with Crippen LogP contribution >= 0.6 is 11.6 Å². The van der Waals surface area contributed by atoms with Gasteiger partial charge in [0.15, 0.2) is 0 Å². The van der Waals surface area contributed by atoms with E-state index in [1.807, 2.05) is 24.3 Å². The molecule has 0 amide bonds. The van der Waals surface area contributed by atoms with Crippen molar-refractivity contribution in [3.63, 3.8) is 0 Å². The van der Waals surface area contributed by atoms with Gasteiger partial charge in [0, 0.05) is 10.6 Å². The van der Waals surface area contributed by atoms with E-state index in [9.17, 15) is 0 Å². The van der Waals surface area contributed by atoms with E-state index >= 15 is 0 Å². The molecular weight excluding hydrogens is 246 g/mol. The standard InChI is InChI=1S/C14H24ClN3/c1-5-14(6-2,18(3)4)13(17-16)11-7-9-12(15)10-8-11/h7-10,13,17H,5-6,16H2,1-4H3. The Morgan fingerprint density at radius 3 is 2.06 bits per heavy atom. The first-order valence-electron chi connectivity index (χ1n) is 6.40. The summed E-state index contributed by atoms with van der Waals surface area (Å²) in [6.45, 7) is 4.40. The maximum absolute atomic E-state index is 5.94. The van der Waals surface area contributed by atoms with Gasteiger partial charge in [-0.15, -0.1) is 0 Å². The fourth-order valence-electron chi connectivity index (χ4n) is 2.77. The second-order valence-electron chi connectivity index (χ2n) is 4.86. The van der Waals surface area contributed by atoms with Gasteiger partial charge in [-0.2, -0.15) is 0 Å². The molecule has 0 spiro atoms. The van der Waals surface area contributed by atoms with Gasteiger partial charge in [-0.3, -0.25) is 11.3 Å². The second-order valence-corrected chi connectivity index (χ2v) is 5.29. The summed E-state index contributed by atoms with van der Waals surface area (Å²) in [7, 11) is 4.21. The van der Waals surface area contributed by atoms with E-state index in [1.54, 1.807) is 0 Å². The Bertz CT molecular complexity index is 358. The number of nitrogens with zero attached hydrogens (tertiary/aromatic N) is 1. The molecule has 1 aromatic rings. The van der Waals surface area contributed by atoms with Crippen molar-refractivity contribution in [1.29, 1.82) is 0 Å². The molecular formula is C14H24ClN3. The molecule has 0 aromatic heterocycles. The SMILES string of the molecule is CCC(CC)(C(NN)c1ccc(Cl)cc1)N(C)C. The van der Waals surface area contributed by atoms with E-state index in [0.29, 0.717) is 0 Å². The van der Waals surface area contributed by atoms with Crippen molar-refractivity contribution in [2.75, 3.05) is 14.1 Å². The Morgan fingerprint density at radius 2 is 1.72 bits per heavy atom. The lowest BCUT2D eigenvalue weighted by molar-refractivity contribution is 0.0882. The Hall–Kier alpha value is -0.610. The third-order valence-corrected chi connectivity index (χ3v) is 4.27. The highest BCUT2D eigenvalue weighted by Crippen LogP contribution is 2.35. The fourth-order valence-corrected chi connectivity index (χ4v) is 2.89. The van der Waals surface area contributed by atoms with Gasteiger partial charge in [-0.05, 0) is 44.6 Å². The third-order valence-electron chi connectivity index (χ3n) is 4.02. The van der Waals surface area contributed by atoms with E-state index in [2.05, 4.69) is 38.3 Å².